The summed E-state index contributed by atoms with van der Waals surface area (Å²) < 4.78 is 0. The van der Waals surface area contributed by atoms with E-state index in [0.29, 0.717) is 0 Å². The van der Waals surface area contributed by atoms with Gasteiger partial charge in [-0.25, -0.2) is 0 Å². The quantitative estimate of drug-likeness (QED) is 0.752. The minimum Gasteiger partial charge on any atom is -0.305 e. The molecule has 0 aromatic heterocycles. The van der Waals surface area contributed by atoms with Crippen molar-refractivity contribution in [3.05, 3.63) is 60.2 Å². The fraction of sp³-hybridized carbons (Fsp3) is 0.200. The molecule has 0 heterocycles. The van der Waals surface area contributed by atoms with Crippen molar-refractivity contribution in [2.75, 3.05) is 14.1 Å². The Kier molecular flexibility index (Phi) is 3.37. The van der Waals surface area contributed by atoms with Crippen LogP contribution in [0.5, 0.6) is 0 Å². The van der Waals surface area contributed by atoms with E-state index in [2.05, 4.69) is 55.4 Å². The topological polar surface area (TPSA) is 3.24 Å². The highest BCUT2D eigenvalue weighted by Crippen LogP contribution is 2.20. The average Bonchev–Trinajstić information content (AvgIpc) is 2.30. The van der Waals surface area contributed by atoms with Gasteiger partial charge in [-0.1, -0.05) is 36.4 Å². The van der Waals surface area contributed by atoms with Crippen molar-refractivity contribution in [1.29, 1.82) is 0 Å². The first-order chi connectivity index (χ1) is 7.75. The lowest BCUT2D eigenvalue weighted by Gasteiger charge is -2.10. The van der Waals surface area contributed by atoms with Crippen molar-refractivity contribution in [2.24, 2.45) is 0 Å². The van der Waals surface area contributed by atoms with Crippen LogP contribution >= 0.6 is 0 Å². The summed E-state index contributed by atoms with van der Waals surface area (Å²) >= 11 is 0. The molecule has 81 valence electrons. The van der Waals surface area contributed by atoms with Crippen molar-refractivity contribution in [3.8, 4) is 11.1 Å². The first-order valence-electron chi connectivity index (χ1n) is 5.46. The van der Waals surface area contributed by atoms with Gasteiger partial charge < -0.3 is 4.90 Å². The molecule has 0 N–H and O–H groups in total. The Morgan fingerprint density at radius 3 is 2.56 bits per heavy atom. The van der Waals surface area contributed by atoms with E-state index in [1.165, 1.54) is 16.7 Å². The summed E-state index contributed by atoms with van der Waals surface area (Å²) in [5, 5.41) is 0. The van der Waals surface area contributed by atoms with Gasteiger partial charge in [-0.3, -0.25) is 0 Å². The molecule has 0 spiro atoms. The number of hydrogen-bond acceptors (Lipinski definition) is 1. The van der Waals surface area contributed by atoms with Crippen LogP contribution in [0.2, 0.25) is 0 Å². The minimum absolute atomic E-state index is 0.977. The highest BCUT2D eigenvalue weighted by Gasteiger charge is 1.99. The van der Waals surface area contributed by atoms with Gasteiger partial charge in [-0.2, -0.15) is 0 Å². The van der Waals surface area contributed by atoms with Crippen LogP contribution in [0, 0.1) is 6.07 Å². The third kappa shape index (κ3) is 2.71. The average molecular weight is 210 g/mol. The zero-order chi connectivity index (χ0) is 11.4. The van der Waals surface area contributed by atoms with Crippen LogP contribution in [0.25, 0.3) is 11.1 Å². The minimum atomic E-state index is 0.977. The first kappa shape index (κ1) is 10.9. The monoisotopic (exact) mass is 210 g/mol. The Hall–Kier alpha value is -1.60. The standard InChI is InChI=1S/C15H16N/c1-16(2)12-13-7-6-10-15(11-13)14-8-4-3-5-9-14/h3-4,6-11H,12H2,1-2H3. The molecule has 0 atom stereocenters. The van der Waals surface area contributed by atoms with E-state index in [-0.39, 0.29) is 0 Å². The highest BCUT2D eigenvalue weighted by molar-refractivity contribution is 5.63. The van der Waals surface area contributed by atoms with Gasteiger partial charge in [0.25, 0.3) is 0 Å². The first-order valence-corrected chi connectivity index (χ1v) is 5.46. The Morgan fingerprint density at radius 1 is 1.06 bits per heavy atom. The van der Waals surface area contributed by atoms with E-state index in [1.807, 2.05) is 18.2 Å². The smallest absolute Gasteiger partial charge is 0.0227 e. The normalized spacial score (nSPS) is 10.7. The van der Waals surface area contributed by atoms with Gasteiger partial charge in [0.05, 0.1) is 0 Å². The third-order valence-corrected chi connectivity index (χ3v) is 2.47. The summed E-state index contributed by atoms with van der Waals surface area (Å²) in [6, 6.07) is 19.8. The molecule has 0 fully saturated rings. The predicted molar refractivity (Wildman–Crippen MR) is 68.1 cm³/mol. The van der Waals surface area contributed by atoms with Crippen LogP contribution in [0.3, 0.4) is 0 Å². The number of nitrogens with zero attached hydrogens (tertiary/aromatic N) is 1. The molecule has 0 bridgehead atoms. The second-order valence-corrected chi connectivity index (χ2v) is 4.23. The molecule has 2 aromatic carbocycles. The molecule has 0 amide bonds. The van der Waals surface area contributed by atoms with E-state index in [0.717, 1.165) is 6.54 Å². The Morgan fingerprint density at radius 2 is 1.88 bits per heavy atom. The summed E-state index contributed by atoms with van der Waals surface area (Å²) in [6.07, 6.45) is 0. The molecule has 2 aromatic rings. The zero-order valence-electron chi connectivity index (χ0n) is 9.77. The Bertz CT molecular complexity index is 446. The molecule has 0 aliphatic heterocycles. The van der Waals surface area contributed by atoms with Gasteiger partial charge in [0, 0.05) is 6.54 Å². The second kappa shape index (κ2) is 4.95. The lowest BCUT2D eigenvalue weighted by atomic mass is 10.0. The van der Waals surface area contributed by atoms with E-state index >= 15 is 0 Å². The fourth-order valence-corrected chi connectivity index (χ4v) is 1.79. The molecular weight excluding hydrogens is 194 g/mol. The molecule has 2 rings (SSSR count). The lowest BCUT2D eigenvalue weighted by molar-refractivity contribution is 0.402. The summed E-state index contributed by atoms with van der Waals surface area (Å²) in [4.78, 5) is 2.18. The summed E-state index contributed by atoms with van der Waals surface area (Å²) in [6.45, 7) is 0.977. The van der Waals surface area contributed by atoms with E-state index in [4.69, 9.17) is 0 Å². The molecule has 1 radical (unpaired) electrons. The number of hydrogen-bond donors (Lipinski definition) is 0. The molecule has 16 heavy (non-hydrogen) atoms. The van der Waals surface area contributed by atoms with Crippen molar-refractivity contribution >= 4 is 0 Å². The van der Waals surface area contributed by atoms with Crippen molar-refractivity contribution in [3.63, 3.8) is 0 Å². The van der Waals surface area contributed by atoms with Gasteiger partial charge in [0.1, 0.15) is 0 Å². The van der Waals surface area contributed by atoms with Gasteiger partial charge in [-0.05, 0) is 49.0 Å². The maximum atomic E-state index is 3.11. The highest BCUT2D eigenvalue weighted by atomic mass is 15.0. The van der Waals surface area contributed by atoms with Crippen LogP contribution in [-0.2, 0) is 6.54 Å². The second-order valence-electron chi connectivity index (χ2n) is 4.23. The lowest BCUT2D eigenvalue weighted by Crippen LogP contribution is -2.10. The van der Waals surface area contributed by atoms with Crippen molar-refractivity contribution < 1.29 is 0 Å². The maximum Gasteiger partial charge on any atom is 0.0227 e. The van der Waals surface area contributed by atoms with Gasteiger partial charge in [0.15, 0.2) is 0 Å². The van der Waals surface area contributed by atoms with Crippen molar-refractivity contribution in [1.82, 2.24) is 4.90 Å². The molecule has 0 unspecified atom stereocenters. The van der Waals surface area contributed by atoms with Crippen LogP contribution in [-0.4, -0.2) is 19.0 Å². The summed E-state index contributed by atoms with van der Waals surface area (Å²) in [5.41, 5.74) is 3.82. The maximum absolute atomic E-state index is 3.11. The Balaban J connectivity index is 2.29. The largest absolute Gasteiger partial charge is 0.305 e. The molecule has 1 nitrogen and oxygen atoms in total. The molecular formula is C15H16N. The predicted octanol–water partition coefficient (Wildman–Crippen LogP) is 3.22. The third-order valence-electron chi connectivity index (χ3n) is 2.47. The molecule has 0 aliphatic rings. The summed E-state index contributed by atoms with van der Waals surface area (Å²) in [5.74, 6) is 0. The van der Waals surface area contributed by atoms with Gasteiger partial charge in [0.2, 0.25) is 0 Å². The summed E-state index contributed by atoms with van der Waals surface area (Å²) in [7, 11) is 4.17. The molecule has 0 saturated carbocycles. The van der Waals surface area contributed by atoms with E-state index in [1.54, 1.807) is 0 Å². The van der Waals surface area contributed by atoms with Gasteiger partial charge >= 0.3 is 0 Å². The molecule has 0 aliphatic carbocycles. The Labute approximate surface area is 97.3 Å². The number of benzene rings is 2. The van der Waals surface area contributed by atoms with Gasteiger partial charge in [-0.15, -0.1) is 0 Å². The van der Waals surface area contributed by atoms with Crippen LogP contribution in [0.1, 0.15) is 5.56 Å². The number of rotatable bonds is 3. The SMILES string of the molecule is CN(C)Cc1cccc(-c2c[c]ccc2)c1. The fourth-order valence-electron chi connectivity index (χ4n) is 1.79. The van der Waals surface area contributed by atoms with Crippen LogP contribution in [0.4, 0.5) is 0 Å². The van der Waals surface area contributed by atoms with E-state index < -0.39 is 0 Å². The van der Waals surface area contributed by atoms with Crippen LogP contribution in [0.15, 0.2) is 48.5 Å². The van der Waals surface area contributed by atoms with Crippen LogP contribution < -0.4 is 0 Å². The zero-order valence-corrected chi connectivity index (χ0v) is 9.77. The van der Waals surface area contributed by atoms with E-state index in [9.17, 15) is 0 Å². The molecule has 1 heteroatoms. The molecule has 0 saturated heterocycles. The van der Waals surface area contributed by atoms with Crippen molar-refractivity contribution in [2.45, 2.75) is 6.54 Å².